The van der Waals surface area contributed by atoms with E-state index in [1.54, 1.807) is 0 Å². The summed E-state index contributed by atoms with van der Waals surface area (Å²) in [5, 5.41) is 12.9. The van der Waals surface area contributed by atoms with Crippen molar-refractivity contribution < 1.29 is 5.11 Å². The van der Waals surface area contributed by atoms with Crippen LogP contribution in [0.15, 0.2) is 18.2 Å². The molecular formula is C18H32N2O. The van der Waals surface area contributed by atoms with Crippen LogP contribution < -0.4 is 5.32 Å². The number of aryl methyl sites for hydroxylation is 2. The van der Waals surface area contributed by atoms with Crippen molar-refractivity contribution in [2.75, 3.05) is 26.7 Å². The molecular weight excluding hydrogens is 260 g/mol. The minimum Gasteiger partial charge on any atom is -0.395 e. The van der Waals surface area contributed by atoms with E-state index in [0.717, 1.165) is 25.9 Å². The van der Waals surface area contributed by atoms with Gasteiger partial charge in [0.25, 0.3) is 0 Å². The van der Waals surface area contributed by atoms with Crippen molar-refractivity contribution in [3.8, 4) is 0 Å². The van der Waals surface area contributed by atoms with Gasteiger partial charge < -0.3 is 15.3 Å². The lowest BCUT2D eigenvalue weighted by atomic mass is 9.98. The molecule has 21 heavy (non-hydrogen) atoms. The van der Waals surface area contributed by atoms with Crippen LogP contribution in [0.4, 0.5) is 0 Å². The Hall–Kier alpha value is -0.900. The highest BCUT2D eigenvalue weighted by Gasteiger charge is 2.14. The molecule has 0 radical (unpaired) electrons. The largest absolute Gasteiger partial charge is 0.395 e. The summed E-state index contributed by atoms with van der Waals surface area (Å²) in [7, 11) is 2.08. The van der Waals surface area contributed by atoms with Gasteiger partial charge >= 0.3 is 0 Å². The van der Waals surface area contributed by atoms with E-state index in [2.05, 4.69) is 63.2 Å². The van der Waals surface area contributed by atoms with Crippen LogP contribution in [0.5, 0.6) is 0 Å². The quantitative estimate of drug-likeness (QED) is 0.734. The van der Waals surface area contributed by atoms with Crippen LogP contribution in [0.2, 0.25) is 0 Å². The van der Waals surface area contributed by atoms with Gasteiger partial charge in [-0.3, -0.25) is 0 Å². The summed E-state index contributed by atoms with van der Waals surface area (Å²) in [6, 6.07) is 7.40. The predicted molar refractivity (Wildman–Crippen MR) is 90.7 cm³/mol. The van der Waals surface area contributed by atoms with Crippen molar-refractivity contribution in [2.24, 2.45) is 0 Å². The van der Waals surface area contributed by atoms with Crippen LogP contribution in [0, 0.1) is 13.8 Å². The van der Waals surface area contributed by atoms with Gasteiger partial charge in [-0.05, 0) is 52.8 Å². The first-order valence-corrected chi connectivity index (χ1v) is 8.10. The fourth-order valence-corrected chi connectivity index (χ4v) is 2.61. The summed E-state index contributed by atoms with van der Waals surface area (Å²) in [5.41, 5.74) is 4.03. The average Bonchev–Trinajstić information content (AvgIpc) is 2.45. The molecule has 1 aromatic rings. The summed E-state index contributed by atoms with van der Waals surface area (Å²) < 4.78 is 0. The van der Waals surface area contributed by atoms with Gasteiger partial charge in [-0.1, -0.05) is 36.2 Å². The Bertz CT molecular complexity index is 399. The zero-order valence-electron chi connectivity index (χ0n) is 14.3. The fraction of sp³-hybridized carbons (Fsp3) is 0.667. The molecule has 0 saturated heterocycles. The van der Waals surface area contributed by atoms with Gasteiger partial charge in [0.2, 0.25) is 0 Å². The molecule has 3 nitrogen and oxygen atoms in total. The van der Waals surface area contributed by atoms with Gasteiger partial charge in [0, 0.05) is 18.6 Å². The zero-order valence-corrected chi connectivity index (χ0v) is 14.3. The highest BCUT2D eigenvalue weighted by atomic mass is 16.3. The molecule has 0 saturated carbocycles. The van der Waals surface area contributed by atoms with E-state index in [0.29, 0.717) is 6.04 Å². The Labute approximate surface area is 130 Å². The van der Waals surface area contributed by atoms with Gasteiger partial charge in [0.15, 0.2) is 0 Å². The average molecular weight is 292 g/mol. The van der Waals surface area contributed by atoms with Gasteiger partial charge in [-0.25, -0.2) is 0 Å². The van der Waals surface area contributed by atoms with Crippen molar-refractivity contribution in [1.29, 1.82) is 0 Å². The number of nitrogens with zero attached hydrogens (tertiary/aromatic N) is 1. The molecule has 2 atom stereocenters. The van der Waals surface area contributed by atoms with Crippen LogP contribution in [0.25, 0.3) is 0 Å². The normalized spacial score (nSPS) is 14.4. The number of aliphatic hydroxyl groups excluding tert-OH is 1. The lowest BCUT2D eigenvalue weighted by molar-refractivity contribution is 0.154. The van der Waals surface area contributed by atoms with E-state index in [4.69, 9.17) is 0 Å². The number of rotatable bonds is 9. The third-order valence-electron chi connectivity index (χ3n) is 4.07. The van der Waals surface area contributed by atoms with Gasteiger partial charge in [0.05, 0.1) is 6.61 Å². The second kappa shape index (κ2) is 9.19. The molecule has 0 amide bonds. The lowest BCUT2D eigenvalue weighted by Crippen LogP contribution is -2.35. The van der Waals surface area contributed by atoms with E-state index in [1.165, 1.54) is 16.7 Å². The third kappa shape index (κ3) is 6.16. The van der Waals surface area contributed by atoms with E-state index in [-0.39, 0.29) is 12.6 Å². The molecule has 0 aromatic heterocycles. The number of hydrogen-bond donors (Lipinski definition) is 2. The molecule has 1 aromatic carbocycles. The van der Waals surface area contributed by atoms with E-state index < -0.39 is 0 Å². The summed E-state index contributed by atoms with van der Waals surface area (Å²) in [5.74, 6) is 0. The number of nitrogens with one attached hydrogen (secondary N) is 1. The van der Waals surface area contributed by atoms with Crippen molar-refractivity contribution in [2.45, 2.75) is 52.6 Å². The Balaban J connectivity index is 2.75. The molecule has 0 fully saturated rings. The van der Waals surface area contributed by atoms with Crippen LogP contribution in [-0.2, 0) is 0 Å². The first kappa shape index (κ1) is 18.1. The molecule has 1 rings (SSSR count). The standard InChI is InChI=1S/C18H32N2O/c1-6-8-19-18(7-9-20(5)16(4)13-21)17-11-14(2)10-15(3)12-17/h10-12,16,18-19,21H,6-9,13H2,1-5H3. The second-order valence-electron chi connectivity index (χ2n) is 6.23. The highest BCUT2D eigenvalue weighted by molar-refractivity contribution is 5.30. The van der Waals surface area contributed by atoms with Crippen molar-refractivity contribution >= 4 is 0 Å². The summed E-state index contributed by atoms with van der Waals surface area (Å²) >= 11 is 0. The lowest BCUT2D eigenvalue weighted by Gasteiger charge is -2.26. The molecule has 0 bridgehead atoms. The van der Waals surface area contributed by atoms with Gasteiger partial charge in [-0.2, -0.15) is 0 Å². The highest BCUT2D eigenvalue weighted by Crippen LogP contribution is 2.20. The van der Waals surface area contributed by atoms with E-state index >= 15 is 0 Å². The van der Waals surface area contributed by atoms with E-state index in [1.807, 2.05) is 0 Å². The molecule has 2 N–H and O–H groups in total. The fourth-order valence-electron chi connectivity index (χ4n) is 2.61. The monoisotopic (exact) mass is 292 g/mol. The maximum absolute atomic E-state index is 9.24. The molecule has 0 aliphatic heterocycles. The Morgan fingerprint density at radius 2 is 1.81 bits per heavy atom. The first-order chi connectivity index (χ1) is 9.97. The maximum atomic E-state index is 9.24. The summed E-state index contributed by atoms with van der Waals surface area (Å²) in [6.45, 7) is 10.8. The summed E-state index contributed by atoms with van der Waals surface area (Å²) in [6.07, 6.45) is 2.20. The Kier molecular flexibility index (Phi) is 7.94. The molecule has 120 valence electrons. The number of hydrogen-bond acceptors (Lipinski definition) is 3. The predicted octanol–water partition coefficient (Wildman–Crippen LogP) is 3.05. The third-order valence-corrected chi connectivity index (χ3v) is 4.07. The van der Waals surface area contributed by atoms with Crippen molar-refractivity contribution in [3.05, 3.63) is 34.9 Å². The number of benzene rings is 1. The van der Waals surface area contributed by atoms with Crippen LogP contribution >= 0.6 is 0 Å². The van der Waals surface area contributed by atoms with Crippen molar-refractivity contribution in [1.82, 2.24) is 10.2 Å². The smallest absolute Gasteiger partial charge is 0.0584 e. The number of aliphatic hydroxyl groups is 1. The number of likely N-dealkylation sites (N-methyl/N-ethyl adjacent to an activating group) is 1. The molecule has 0 spiro atoms. The summed E-state index contributed by atoms with van der Waals surface area (Å²) in [4.78, 5) is 2.23. The Morgan fingerprint density at radius 1 is 1.19 bits per heavy atom. The molecule has 0 aliphatic rings. The molecule has 0 heterocycles. The van der Waals surface area contributed by atoms with Gasteiger partial charge in [0.1, 0.15) is 0 Å². The Morgan fingerprint density at radius 3 is 2.33 bits per heavy atom. The first-order valence-electron chi connectivity index (χ1n) is 8.10. The molecule has 2 unspecified atom stereocenters. The van der Waals surface area contributed by atoms with Crippen LogP contribution in [0.3, 0.4) is 0 Å². The molecule has 0 aliphatic carbocycles. The van der Waals surface area contributed by atoms with Crippen LogP contribution in [0.1, 0.15) is 49.4 Å². The molecule has 3 heteroatoms. The SMILES string of the molecule is CCCNC(CCN(C)C(C)CO)c1cc(C)cc(C)c1. The van der Waals surface area contributed by atoms with Crippen LogP contribution in [-0.4, -0.2) is 42.8 Å². The van der Waals surface area contributed by atoms with Crippen molar-refractivity contribution in [3.63, 3.8) is 0 Å². The maximum Gasteiger partial charge on any atom is 0.0584 e. The van der Waals surface area contributed by atoms with E-state index in [9.17, 15) is 5.11 Å². The topological polar surface area (TPSA) is 35.5 Å². The minimum absolute atomic E-state index is 0.215. The van der Waals surface area contributed by atoms with Gasteiger partial charge in [-0.15, -0.1) is 0 Å². The second-order valence-corrected chi connectivity index (χ2v) is 6.23. The zero-order chi connectivity index (χ0) is 15.8. The minimum atomic E-state index is 0.215.